The van der Waals surface area contributed by atoms with E-state index in [1.54, 1.807) is 6.07 Å². The molecule has 1 aliphatic heterocycles. The standard InChI is InChI=1S/C19H25ClN4O9P2/c1-24(10-4-2-3-5-10)17-12-11(22-18(20)23-17)6-9(7-21-12)13-14(25)19(26)15(32-13)16(19)33-35(30,31)8-34(27,28)29/h6-7,10,13-16,25-26H,2-5,8H2,1H3,(H,30,31)(H2,27,28,29). The Morgan fingerprint density at radius 3 is 2.54 bits per heavy atom. The van der Waals surface area contributed by atoms with Gasteiger partial charge in [0.15, 0.2) is 17.3 Å². The normalized spacial score (nSPS) is 32.5. The zero-order valence-electron chi connectivity index (χ0n) is 18.5. The molecule has 2 aromatic heterocycles. The van der Waals surface area contributed by atoms with Crippen LogP contribution >= 0.6 is 26.8 Å². The van der Waals surface area contributed by atoms with Crippen LogP contribution in [0.2, 0.25) is 5.28 Å². The summed E-state index contributed by atoms with van der Waals surface area (Å²) in [7, 11) is -7.66. The van der Waals surface area contributed by atoms with E-state index < -0.39 is 51.1 Å². The van der Waals surface area contributed by atoms with Crippen LogP contribution < -0.4 is 4.90 Å². The third-order valence-corrected chi connectivity index (χ3v) is 10.4. The second-order valence-corrected chi connectivity index (χ2v) is 13.6. The molecule has 13 nitrogen and oxygen atoms in total. The Balaban J connectivity index is 1.37. The summed E-state index contributed by atoms with van der Waals surface area (Å²) in [5.41, 5.74) is -0.704. The molecular weight excluding hydrogens is 526 g/mol. The van der Waals surface area contributed by atoms with Gasteiger partial charge in [0.05, 0.1) is 5.52 Å². The average molecular weight is 551 g/mol. The van der Waals surface area contributed by atoms with Gasteiger partial charge in [-0.15, -0.1) is 0 Å². The first kappa shape index (κ1) is 25.4. The molecule has 16 heteroatoms. The molecule has 2 aromatic rings. The Labute approximate surface area is 204 Å². The predicted octanol–water partition coefficient (Wildman–Crippen LogP) is 1.31. The fourth-order valence-corrected chi connectivity index (χ4v) is 7.96. The van der Waals surface area contributed by atoms with Crippen LogP contribution in [0.5, 0.6) is 0 Å². The highest BCUT2D eigenvalue weighted by Crippen LogP contribution is 2.64. The maximum atomic E-state index is 12.0. The molecule has 3 aliphatic rings. The fourth-order valence-electron chi connectivity index (χ4n) is 5.02. The van der Waals surface area contributed by atoms with Gasteiger partial charge in [-0.1, -0.05) is 12.8 Å². The third-order valence-electron chi connectivity index (χ3n) is 6.82. The molecule has 0 spiro atoms. The van der Waals surface area contributed by atoms with Gasteiger partial charge in [0.25, 0.3) is 0 Å². The van der Waals surface area contributed by atoms with Gasteiger partial charge in [0, 0.05) is 24.8 Å². The van der Waals surface area contributed by atoms with E-state index in [-0.39, 0.29) is 5.28 Å². The van der Waals surface area contributed by atoms with Crippen LogP contribution in [0.4, 0.5) is 5.82 Å². The van der Waals surface area contributed by atoms with Crippen LogP contribution in [-0.4, -0.2) is 82.8 Å². The number of aromatic nitrogens is 3. The molecule has 5 N–H and O–H groups in total. The molecule has 5 rings (SSSR count). The first-order valence-electron chi connectivity index (χ1n) is 11.0. The number of aliphatic hydroxyl groups excluding tert-OH is 1. The van der Waals surface area contributed by atoms with Crippen LogP contribution in [-0.2, 0) is 18.4 Å². The number of fused-ring (bicyclic) bond motifs is 2. The monoisotopic (exact) mass is 550 g/mol. The number of anilines is 1. The number of rotatable bonds is 7. The molecule has 3 fully saturated rings. The minimum atomic E-state index is -4.85. The second-order valence-electron chi connectivity index (χ2n) is 9.28. The molecule has 2 saturated carbocycles. The summed E-state index contributed by atoms with van der Waals surface area (Å²) in [5.74, 6) is -0.823. The van der Waals surface area contributed by atoms with E-state index in [1.165, 1.54) is 6.20 Å². The molecule has 1 saturated heterocycles. The van der Waals surface area contributed by atoms with Gasteiger partial charge in [-0.25, -0.2) is 4.98 Å². The maximum absolute atomic E-state index is 12.0. The highest BCUT2D eigenvalue weighted by atomic mass is 35.5. The zero-order valence-corrected chi connectivity index (χ0v) is 21.1. The van der Waals surface area contributed by atoms with E-state index >= 15 is 0 Å². The van der Waals surface area contributed by atoms with Crippen molar-refractivity contribution in [1.82, 2.24) is 15.0 Å². The second kappa shape index (κ2) is 8.66. The molecule has 3 heterocycles. The maximum Gasteiger partial charge on any atom is 0.340 e. The summed E-state index contributed by atoms with van der Waals surface area (Å²) in [5, 5.41) is 21.6. The van der Waals surface area contributed by atoms with Crippen molar-refractivity contribution in [3.8, 4) is 0 Å². The highest BCUT2D eigenvalue weighted by Gasteiger charge is 2.78. The Morgan fingerprint density at radius 1 is 1.26 bits per heavy atom. The van der Waals surface area contributed by atoms with Crippen LogP contribution in [0.15, 0.2) is 12.3 Å². The SMILES string of the molecule is CN(c1nc(Cl)nc2cc(C3OC4C(OP(=O)(O)CP(=O)(O)O)C4(O)C3O)cnc12)C1CCCC1. The van der Waals surface area contributed by atoms with Crippen molar-refractivity contribution in [3.63, 3.8) is 0 Å². The Hall–Kier alpha value is -1.24. The molecule has 6 atom stereocenters. The number of hydrogen-bond donors (Lipinski definition) is 5. The summed E-state index contributed by atoms with van der Waals surface area (Å²) >= 11 is 6.17. The number of hydrogen-bond acceptors (Lipinski definition) is 10. The zero-order chi connectivity index (χ0) is 25.3. The molecule has 6 unspecified atom stereocenters. The number of ether oxygens (including phenoxy) is 1. The van der Waals surface area contributed by atoms with Gasteiger partial charge in [-0.2, -0.15) is 4.98 Å². The van der Waals surface area contributed by atoms with E-state index in [4.69, 9.17) is 30.6 Å². The van der Waals surface area contributed by atoms with Gasteiger partial charge in [0.1, 0.15) is 29.9 Å². The lowest BCUT2D eigenvalue weighted by molar-refractivity contribution is -0.0631. The molecule has 192 valence electrons. The summed E-state index contributed by atoms with van der Waals surface area (Å²) in [6.07, 6.45) is 0.613. The summed E-state index contributed by atoms with van der Waals surface area (Å²) in [6, 6.07) is 1.93. The van der Waals surface area contributed by atoms with Crippen molar-refractivity contribution >= 4 is 43.6 Å². The number of aliphatic hydroxyl groups is 2. The molecule has 2 aliphatic carbocycles. The minimum absolute atomic E-state index is 0.0304. The lowest BCUT2D eigenvalue weighted by Gasteiger charge is -2.26. The van der Waals surface area contributed by atoms with Gasteiger partial charge < -0.3 is 34.5 Å². The topological polar surface area (TPSA) is 196 Å². The first-order chi connectivity index (χ1) is 16.3. The van der Waals surface area contributed by atoms with Gasteiger partial charge in [-0.05, 0) is 30.5 Å². The van der Waals surface area contributed by atoms with E-state index in [1.807, 2.05) is 11.9 Å². The summed E-state index contributed by atoms with van der Waals surface area (Å²) in [4.78, 5) is 42.8. The van der Waals surface area contributed by atoms with E-state index in [0.29, 0.717) is 28.5 Å². The highest BCUT2D eigenvalue weighted by molar-refractivity contribution is 7.70. The molecule has 0 aromatic carbocycles. The fraction of sp³-hybridized carbons (Fsp3) is 0.632. The van der Waals surface area contributed by atoms with Crippen molar-refractivity contribution in [2.75, 3.05) is 17.9 Å². The molecular formula is C19H25ClN4O9P2. The van der Waals surface area contributed by atoms with Gasteiger partial charge in [0.2, 0.25) is 5.28 Å². The Kier molecular flexibility index (Phi) is 6.29. The Bertz CT molecular complexity index is 1260. The van der Waals surface area contributed by atoms with Gasteiger partial charge in [-0.3, -0.25) is 18.6 Å². The van der Waals surface area contributed by atoms with Crippen LogP contribution in [0.3, 0.4) is 0 Å². The largest absolute Gasteiger partial charge is 0.387 e. The Morgan fingerprint density at radius 2 is 1.94 bits per heavy atom. The van der Waals surface area contributed by atoms with E-state index in [2.05, 4.69) is 15.0 Å². The number of pyridine rings is 1. The third kappa shape index (κ3) is 4.64. The summed E-state index contributed by atoms with van der Waals surface area (Å²) < 4.78 is 33.6. The van der Waals surface area contributed by atoms with Gasteiger partial charge >= 0.3 is 15.2 Å². The van der Waals surface area contributed by atoms with Crippen molar-refractivity contribution in [2.45, 2.75) is 61.7 Å². The lowest BCUT2D eigenvalue weighted by Crippen LogP contribution is -2.35. The quantitative estimate of drug-likeness (QED) is 0.245. The minimum Gasteiger partial charge on any atom is -0.387 e. The average Bonchev–Trinajstić information content (AvgIpc) is 3.12. The lowest BCUT2D eigenvalue weighted by atomic mass is 10.0. The smallest absolute Gasteiger partial charge is 0.340 e. The van der Waals surface area contributed by atoms with Crippen LogP contribution in [0.25, 0.3) is 11.0 Å². The summed E-state index contributed by atoms with van der Waals surface area (Å²) in [6.45, 7) is 0. The van der Waals surface area contributed by atoms with Crippen molar-refractivity contribution in [2.24, 2.45) is 0 Å². The van der Waals surface area contributed by atoms with E-state index in [0.717, 1.165) is 25.7 Å². The van der Waals surface area contributed by atoms with Crippen LogP contribution in [0, 0.1) is 0 Å². The molecule has 0 amide bonds. The van der Waals surface area contributed by atoms with Crippen molar-refractivity contribution in [1.29, 1.82) is 0 Å². The van der Waals surface area contributed by atoms with Crippen LogP contribution in [0.1, 0.15) is 37.4 Å². The molecule has 0 radical (unpaired) electrons. The number of nitrogens with zero attached hydrogens (tertiary/aromatic N) is 4. The first-order valence-corrected chi connectivity index (χ1v) is 14.9. The van der Waals surface area contributed by atoms with Crippen molar-refractivity contribution < 1.29 is 43.3 Å². The van der Waals surface area contributed by atoms with Crippen molar-refractivity contribution in [3.05, 3.63) is 23.1 Å². The van der Waals surface area contributed by atoms with E-state index in [9.17, 15) is 24.2 Å². The molecule has 0 bridgehead atoms. The predicted molar refractivity (Wildman–Crippen MR) is 123 cm³/mol. The molecule has 35 heavy (non-hydrogen) atoms. The number of halogens is 1.